The summed E-state index contributed by atoms with van der Waals surface area (Å²) < 4.78 is 25.4. The predicted octanol–water partition coefficient (Wildman–Crippen LogP) is 2.71. The minimum absolute atomic E-state index is 0.0252. The fourth-order valence-corrected chi connectivity index (χ4v) is 4.78. The first kappa shape index (κ1) is 17.5. The molecule has 132 valence electrons. The molecule has 8 heteroatoms. The molecule has 3 rings (SSSR count). The van der Waals surface area contributed by atoms with Crippen LogP contribution in [-0.2, 0) is 10.0 Å². The first-order valence-electron chi connectivity index (χ1n) is 7.90. The van der Waals surface area contributed by atoms with Gasteiger partial charge in [0.25, 0.3) is 0 Å². The summed E-state index contributed by atoms with van der Waals surface area (Å²) in [6.07, 6.45) is 3.84. The van der Waals surface area contributed by atoms with E-state index in [0.29, 0.717) is 5.02 Å². The minimum atomic E-state index is -3.21. The molecule has 2 heterocycles. The smallest absolute Gasteiger partial charge is 0.211 e. The summed E-state index contributed by atoms with van der Waals surface area (Å²) in [6.45, 7) is 5.75. The molecule has 0 spiro atoms. The van der Waals surface area contributed by atoms with Crippen molar-refractivity contribution in [2.75, 3.05) is 31.3 Å². The molecule has 1 fully saturated rings. The Morgan fingerprint density at radius 1 is 1.42 bits per heavy atom. The molecular formula is C16H23ClN4O2S. The van der Waals surface area contributed by atoms with E-state index in [2.05, 4.69) is 28.9 Å². The average molecular weight is 371 g/mol. The summed E-state index contributed by atoms with van der Waals surface area (Å²) in [5.74, 6) is 0. The molecule has 0 amide bonds. The Bertz CT molecular complexity index is 862. The maximum absolute atomic E-state index is 11.9. The summed E-state index contributed by atoms with van der Waals surface area (Å²) in [7, 11) is -1.54. The Labute approximate surface area is 147 Å². The standard InChI is InChI=1S/C16H23ClN4O2S/c1-16(2)10-21(6-5-15(16)20(3)24(4,22)23)14-8-11(17)7-13-12(14)9-18-19-13/h7-9,15H,5-6,10H2,1-4H3,(H,18,19). The predicted molar refractivity (Wildman–Crippen MR) is 98.1 cm³/mol. The molecule has 1 saturated heterocycles. The molecule has 0 bridgehead atoms. The molecular weight excluding hydrogens is 348 g/mol. The number of nitrogens with zero attached hydrogens (tertiary/aromatic N) is 3. The molecule has 1 aliphatic heterocycles. The first-order valence-corrected chi connectivity index (χ1v) is 10.1. The van der Waals surface area contributed by atoms with E-state index in [1.807, 2.05) is 18.3 Å². The SMILES string of the molecule is CN(C1CCN(c2cc(Cl)cc3[nH]ncc23)CC1(C)C)S(C)(=O)=O. The average Bonchev–Trinajstić information content (AvgIpc) is 2.91. The second-order valence-electron chi connectivity index (χ2n) is 7.25. The van der Waals surface area contributed by atoms with Gasteiger partial charge in [0, 0.05) is 42.3 Å². The van der Waals surface area contributed by atoms with Crippen LogP contribution in [0.4, 0.5) is 5.69 Å². The van der Waals surface area contributed by atoms with E-state index in [9.17, 15) is 8.42 Å². The van der Waals surface area contributed by atoms with Crippen LogP contribution in [0.25, 0.3) is 10.9 Å². The number of halogens is 1. The van der Waals surface area contributed by atoms with Gasteiger partial charge < -0.3 is 4.90 Å². The molecule has 1 atom stereocenters. The normalized spacial score (nSPS) is 21.6. The lowest BCUT2D eigenvalue weighted by molar-refractivity contribution is 0.151. The molecule has 2 aromatic rings. The monoisotopic (exact) mass is 370 g/mol. The van der Waals surface area contributed by atoms with Crippen molar-refractivity contribution in [3.05, 3.63) is 23.4 Å². The third-order valence-electron chi connectivity index (χ3n) is 4.98. The number of fused-ring (bicyclic) bond motifs is 1. The van der Waals surface area contributed by atoms with Crippen LogP contribution in [0, 0.1) is 5.41 Å². The second-order valence-corrected chi connectivity index (χ2v) is 9.73. The highest BCUT2D eigenvalue weighted by Crippen LogP contribution is 2.38. The molecule has 0 saturated carbocycles. The zero-order valence-corrected chi connectivity index (χ0v) is 15.9. The van der Waals surface area contributed by atoms with Crippen molar-refractivity contribution in [3.63, 3.8) is 0 Å². The van der Waals surface area contributed by atoms with E-state index >= 15 is 0 Å². The number of rotatable bonds is 3. The van der Waals surface area contributed by atoms with Crippen LogP contribution in [0.3, 0.4) is 0 Å². The highest BCUT2D eigenvalue weighted by atomic mass is 35.5. The number of hydrogen-bond donors (Lipinski definition) is 1. The van der Waals surface area contributed by atoms with Gasteiger partial charge in [0.15, 0.2) is 0 Å². The third kappa shape index (κ3) is 3.12. The molecule has 0 radical (unpaired) electrons. The van der Waals surface area contributed by atoms with E-state index in [1.165, 1.54) is 10.6 Å². The molecule has 6 nitrogen and oxygen atoms in total. The van der Waals surface area contributed by atoms with Crippen molar-refractivity contribution in [1.82, 2.24) is 14.5 Å². The van der Waals surface area contributed by atoms with E-state index in [1.54, 1.807) is 7.05 Å². The van der Waals surface area contributed by atoms with Gasteiger partial charge in [-0.3, -0.25) is 5.10 Å². The van der Waals surface area contributed by atoms with Crippen molar-refractivity contribution < 1.29 is 8.42 Å². The van der Waals surface area contributed by atoms with Crippen molar-refractivity contribution in [3.8, 4) is 0 Å². The lowest BCUT2D eigenvalue weighted by Crippen LogP contribution is -2.56. The van der Waals surface area contributed by atoms with Crippen LogP contribution in [-0.4, -0.2) is 55.4 Å². The van der Waals surface area contributed by atoms with Crippen LogP contribution >= 0.6 is 11.6 Å². The lowest BCUT2D eigenvalue weighted by atomic mass is 9.79. The second kappa shape index (κ2) is 5.89. The van der Waals surface area contributed by atoms with Gasteiger partial charge in [0.2, 0.25) is 10.0 Å². The Hall–Kier alpha value is -1.31. The number of anilines is 1. The molecule has 1 N–H and O–H groups in total. The molecule has 0 aliphatic carbocycles. The van der Waals surface area contributed by atoms with Gasteiger partial charge in [-0.15, -0.1) is 0 Å². The van der Waals surface area contributed by atoms with Gasteiger partial charge in [-0.05, 0) is 24.0 Å². The van der Waals surface area contributed by atoms with Gasteiger partial charge in [-0.2, -0.15) is 5.10 Å². The van der Waals surface area contributed by atoms with E-state index in [4.69, 9.17) is 11.6 Å². The fraction of sp³-hybridized carbons (Fsp3) is 0.562. The highest BCUT2D eigenvalue weighted by molar-refractivity contribution is 7.88. The largest absolute Gasteiger partial charge is 0.370 e. The maximum atomic E-state index is 11.9. The fourth-order valence-electron chi connectivity index (χ4n) is 3.72. The van der Waals surface area contributed by atoms with Crippen molar-refractivity contribution in [2.45, 2.75) is 26.3 Å². The number of hydrogen-bond acceptors (Lipinski definition) is 4. The number of H-pyrrole nitrogens is 1. The Morgan fingerprint density at radius 3 is 2.75 bits per heavy atom. The number of nitrogens with one attached hydrogen (secondary N) is 1. The summed E-state index contributed by atoms with van der Waals surface area (Å²) >= 11 is 6.25. The number of benzene rings is 1. The number of piperidine rings is 1. The van der Waals surface area contributed by atoms with Crippen molar-refractivity contribution in [1.29, 1.82) is 0 Å². The number of aromatic nitrogens is 2. The van der Waals surface area contributed by atoms with Crippen LogP contribution in [0.2, 0.25) is 5.02 Å². The van der Waals surface area contributed by atoms with E-state index in [-0.39, 0.29) is 11.5 Å². The van der Waals surface area contributed by atoms with Gasteiger partial charge in [-0.25, -0.2) is 12.7 Å². The van der Waals surface area contributed by atoms with Crippen LogP contribution < -0.4 is 4.90 Å². The summed E-state index contributed by atoms with van der Waals surface area (Å²) in [5.41, 5.74) is 1.76. The van der Waals surface area contributed by atoms with E-state index < -0.39 is 10.0 Å². The van der Waals surface area contributed by atoms with Crippen molar-refractivity contribution in [2.24, 2.45) is 5.41 Å². The zero-order chi connectivity index (χ0) is 17.7. The van der Waals surface area contributed by atoms with Crippen LogP contribution in [0.15, 0.2) is 18.3 Å². The minimum Gasteiger partial charge on any atom is -0.370 e. The van der Waals surface area contributed by atoms with Gasteiger partial charge >= 0.3 is 0 Å². The van der Waals surface area contributed by atoms with E-state index in [0.717, 1.165) is 36.1 Å². The first-order chi connectivity index (χ1) is 11.1. The van der Waals surface area contributed by atoms with Gasteiger partial charge in [0.05, 0.1) is 18.0 Å². The lowest BCUT2D eigenvalue weighted by Gasteiger charge is -2.48. The number of aromatic amines is 1. The molecule has 1 aromatic carbocycles. The number of sulfonamides is 1. The zero-order valence-electron chi connectivity index (χ0n) is 14.4. The molecule has 1 unspecified atom stereocenters. The van der Waals surface area contributed by atoms with Crippen molar-refractivity contribution >= 4 is 38.2 Å². The Balaban J connectivity index is 1.93. The van der Waals surface area contributed by atoms with Gasteiger partial charge in [0.1, 0.15) is 0 Å². The van der Waals surface area contributed by atoms with Crippen LogP contribution in [0.1, 0.15) is 20.3 Å². The quantitative estimate of drug-likeness (QED) is 0.901. The highest BCUT2D eigenvalue weighted by Gasteiger charge is 2.41. The third-order valence-corrected chi connectivity index (χ3v) is 6.50. The van der Waals surface area contributed by atoms with Crippen LogP contribution in [0.5, 0.6) is 0 Å². The summed E-state index contributed by atoms with van der Waals surface area (Å²) in [6, 6.07) is 3.79. The summed E-state index contributed by atoms with van der Waals surface area (Å²) in [4.78, 5) is 2.27. The maximum Gasteiger partial charge on any atom is 0.211 e. The Morgan fingerprint density at radius 2 is 2.12 bits per heavy atom. The molecule has 1 aromatic heterocycles. The Kier molecular flexibility index (Phi) is 4.30. The van der Waals surface area contributed by atoms with Gasteiger partial charge in [-0.1, -0.05) is 25.4 Å². The summed E-state index contributed by atoms with van der Waals surface area (Å²) in [5, 5.41) is 8.77. The molecule has 24 heavy (non-hydrogen) atoms. The molecule has 1 aliphatic rings. The topological polar surface area (TPSA) is 69.3 Å².